The van der Waals surface area contributed by atoms with Crippen molar-refractivity contribution >= 4 is 9.04 Å². The lowest BCUT2D eigenvalue weighted by Gasteiger charge is -2.44. The van der Waals surface area contributed by atoms with Crippen molar-refractivity contribution in [1.82, 2.24) is 0 Å². The van der Waals surface area contributed by atoms with Crippen molar-refractivity contribution in [3.63, 3.8) is 0 Å². The Morgan fingerprint density at radius 1 is 1.30 bits per heavy atom. The van der Waals surface area contributed by atoms with Crippen molar-refractivity contribution in [2.75, 3.05) is 19.8 Å². The van der Waals surface area contributed by atoms with E-state index < -0.39 is 14.8 Å². The second-order valence-corrected chi connectivity index (χ2v) is 9.86. The molecule has 1 aliphatic carbocycles. The Balaban J connectivity index is 2.30. The largest absolute Gasteiger partial charge is 0.417 e. The van der Waals surface area contributed by atoms with Crippen molar-refractivity contribution in [2.45, 2.75) is 58.6 Å². The minimum absolute atomic E-state index is 0.0159. The third-order valence-electron chi connectivity index (χ3n) is 4.49. The summed E-state index contributed by atoms with van der Waals surface area (Å²) in [5, 5.41) is 9.77. The first-order valence-electron chi connectivity index (χ1n) is 7.84. The molecule has 0 aromatic rings. The maximum Gasteiger partial charge on any atom is 0.174 e. The maximum absolute atomic E-state index is 9.77. The molecule has 0 bridgehead atoms. The minimum Gasteiger partial charge on any atom is -0.417 e. The zero-order valence-corrected chi connectivity index (χ0v) is 14.7. The van der Waals surface area contributed by atoms with E-state index in [4.69, 9.17) is 13.9 Å². The Morgan fingerprint density at radius 3 is 2.35 bits per heavy atom. The van der Waals surface area contributed by atoms with E-state index in [2.05, 4.69) is 33.9 Å². The first-order valence-corrected chi connectivity index (χ1v) is 10.6. The fourth-order valence-corrected chi connectivity index (χ4v) is 4.87. The highest BCUT2D eigenvalue weighted by atomic mass is 28.3. The minimum atomic E-state index is -1.18. The van der Waals surface area contributed by atoms with Crippen molar-refractivity contribution in [1.29, 1.82) is 0 Å². The van der Waals surface area contributed by atoms with E-state index in [1.165, 1.54) is 0 Å². The van der Waals surface area contributed by atoms with Gasteiger partial charge in [-0.15, -0.1) is 0 Å². The Bertz CT molecular complexity index is 320. The van der Waals surface area contributed by atoms with Gasteiger partial charge in [0.05, 0.1) is 19.3 Å². The molecule has 1 heterocycles. The first-order chi connectivity index (χ1) is 9.30. The van der Waals surface area contributed by atoms with Crippen LogP contribution >= 0.6 is 0 Å². The summed E-state index contributed by atoms with van der Waals surface area (Å²) in [7, 11) is -1.18. The van der Waals surface area contributed by atoms with Crippen LogP contribution in [0.1, 0.15) is 33.6 Å². The van der Waals surface area contributed by atoms with Crippen LogP contribution in [0.15, 0.2) is 0 Å². The number of rotatable bonds is 4. The number of aliphatic hydroxyl groups is 1. The second-order valence-electron chi connectivity index (χ2n) is 7.49. The van der Waals surface area contributed by atoms with Gasteiger partial charge in [0.15, 0.2) is 14.8 Å². The van der Waals surface area contributed by atoms with Crippen LogP contribution in [0.5, 0.6) is 0 Å². The van der Waals surface area contributed by atoms with Gasteiger partial charge in [0.1, 0.15) is 0 Å². The van der Waals surface area contributed by atoms with Crippen LogP contribution in [0, 0.1) is 17.3 Å². The standard InChI is InChI=1S/C15H30O4Si/c1-14(2,3)13(19-20(4)5)12-11(10-16)6-7-15(12)17-8-9-18-15/h11-13,16,20H,6-10H2,1-5H3/t11-,12+,13?/m1/s1. The normalized spacial score (nSPS) is 31.4. The number of hydrogen-bond acceptors (Lipinski definition) is 4. The van der Waals surface area contributed by atoms with Gasteiger partial charge in [-0.25, -0.2) is 0 Å². The fourth-order valence-electron chi connectivity index (χ4n) is 3.70. The van der Waals surface area contributed by atoms with Gasteiger partial charge in [0.2, 0.25) is 0 Å². The van der Waals surface area contributed by atoms with Crippen LogP contribution in [0.25, 0.3) is 0 Å². The lowest BCUT2D eigenvalue weighted by Crippen LogP contribution is -2.51. The molecule has 0 amide bonds. The molecule has 1 spiro atoms. The SMILES string of the molecule is C[SiH](C)OC([C@@H]1[C@@H](CO)CCC12OCCO2)C(C)(C)C. The Hall–Kier alpha value is 0.0569. The van der Waals surface area contributed by atoms with Crippen LogP contribution < -0.4 is 0 Å². The van der Waals surface area contributed by atoms with Gasteiger partial charge in [-0.3, -0.25) is 0 Å². The summed E-state index contributed by atoms with van der Waals surface area (Å²) in [5.41, 5.74) is 0.0159. The van der Waals surface area contributed by atoms with Crippen molar-refractivity contribution < 1.29 is 19.0 Å². The van der Waals surface area contributed by atoms with Gasteiger partial charge < -0.3 is 19.0 Å². The summed E-state index contributed by atoms with van der Waals surface area (Å²) in [6, 6.07) is 0. The van der Waals surface area contributed by atoms with E-state index in [0.717, 1.165) is 12.8 Å². The molecule has 3 atom stereocenters. The summed E-state index contributed by atoms with van der Waals surface area (Å²) in [6.45, 7) is 12.5. The number of aliphatic hydroxyl groups excluding tert-OH is 1. The van der Waals surface area contributed by atoms with Gasteiger partial charge in [0.25, 0.3) is 0 Å². The highest BCUT2D eigenvalue weighted by molar-refractivity contribution is 6.48. The van der Waals surface area contributed by atoms with E-state index in [9.17, 15) is 5.11 Å². The lowest BCUT2D eigenvalue weighted by molar-refractivity contribution is -0.217. The van der Waals surface area contributed by atoms with E-state index in [1.807, 2.05) is 0 Å². The van der Waals surface area contributed by atoms with Crippen molar-refractivity contribution in [3.8, 4) is 0 Å². The summed E-state index contributed by atoms with van der Waals surface area (Å²) >= 11 is 0. The van der Waals surface area contributed by atoms with Gasteiger partial charge in [-0.2, -0.15) is 0 Å². The smallest absolute Gasteiger partial charge is 0.174 e. The molecule has 0 radical (unpaired) electrons. The average molecular weight is 302 g/mol. The van der Waals surface area contributed by atoms with E-state index in [-0.39, 0.29) is 30.0 Å². The topological polar surface area (TPSA) is 47.9 Å². The van der Waals surface area contributed by atoms with Crippen LogP contribution in [-0.2, 0) is 13.9 Å². The molecular weight excluding hydrogens is 272 g/mol. The van der Waals surface area contributed by atoms with Crippen LogP contribution in [-0.4, -0.2) is 45.9 Å². The molecule has 1 unspecified atom stereocenters. The molecule has 1 N–H and O–H groups in total. The second kappa shape index (κ2) is 6.05. The monoisotopic (exact) mass is 302 g/mol. The molecule has 5 heteroatoms. The third-order valence-corrected chi connectivity index (χ3v) is 5.33. The molecule has 20 heavy (non-hydrogen) atoms. The molecule has 2 rings (SSSR count). The van der Waals surface area contributed by atoms with Crippen molar-refractivity contribution in [3.05, 3.63) is 0 Å². The Morgan fingerprint density at radius 2 is 1.90 bits per heavy atom. The summed E-state index contributed by atoms with van der Waals surface area (Å²) in [4.78, 5) is 0. The maximum atomic E-state index is 9.77. The predicted octanol–water partition coefficient (Wildman–Crippen LogP) is 2.16. The Kier molecular flexibility index (Phi) is 4.97. The van der Waals surface area contributed by atoms with Crippen molar-refractivity contribution in [2.24, 2.45) is 17.3 Å². The molecule has 1 saturated carbocycles. The van der Waals surface area contributed by atoms with Crippen LogP contribution in [0.3, 0.4) is 0 Å². The van der Waals surface area contributed by atoms with E-state index in [1.54, 1.807) is 0 Å². The lowest BCUT2D eigenvalue weighted by atomic mass is 9.75. The van der Waals surface area contributed by atoms with E-state index in [0.29, 0.717) is 13.2 Å². The summed E-state index contributed by atoms with van der Waals surface area (Å²) < 4.78 is 18.4. The van der Waals surface area contributed by atoms with Gasteiger partial charge in [0, 0.05) is 18.9 Å². The van der Waals surface area contributed by atoms with Gasteiger partial charge in [-0.05, 0) is 30.8 Å². The highest BCUT2D eigenvalue weighted by Gasteiger charge is 2.57. The third kappa shape index (κ3) is 3.12. The number of ether oxygens (including phenoxy) is 2. The molecule has 4 nitrogen and oxygen atoms in total. The number of hydrogen-bond donors (Lipinski definition) is 1. The van der Waals surface area contributed by atoms with Gasteiger partial charge in [-0.1, -0.05) is 20.8 Å². The predicted molar refractivity (Wildman–Crippen MR) is 81.1 cm³/mol. The summed E-state index contributed by atoms with van der Waals surface area (Å²) in [5.74, 6) is -0.177. The zero-order chi connectivity index (χ0) is 15.0. The zero-order valence-electron chi connectivity index (χ0n) is 13.5. The highest BCUT2D eigenvalue weighted by Crippen LogP contribution is 2.51. The van der Waals surface area contributed by atoms with Gasteiger partial charge >= 0.3 is 0 Å². The molecule has 2 aliphatic rings. The molecule has 0 aromatic carbocycles. The van der Waals surface area contributed by atoms with Crippen LogP contribution in [0.4, 0.5) is 0 Å². The molecular formula is C15H30O4Si. The average Bonchev–Trinajstić information content (AvgIpc) is 2.93. The van der Waals surface area contributed by atoms with Crippen LogP contribution in [0.2, 0.25) is 13.1 Å². The molecule has 1 saturated heterocycles. The Labute approximate surface area is 124 Å². The molecule has 0 aromatic heterocycles. The molecule has 1 aliphatic heterocycles. The van der Waals surface area contributed by atoms with E-state index >= 15 is 0 Å². The molecule has 118 valence electrons. The fraction of sp³-hybridized carbons (Fsp3) is 1.00. The summed E-state index contributed by atoms with van der Waals surface area (Å²) in [6.07, 6.45) is 1.90. The first kappa shape index (κ1) is 16.4. The molecule has 2 fully saturated rings. The quantitative estimate of drug-likeness (QED) is 0.809.